The van der Waals surface area contributed by atoms with Gasteiger partial charge in [0.15, 0.2) is 6.54 Å². The minimum atomic E-state index is 0.561. The maximum absolute atomic E-state index is 5.85. The van der Waals surface area contributed by atoms with Gasteiger partial charge in [0.25, 0.3) is 11.1 Å². The Morgan fingerprint density at radius 2 is 1.92 bits per heavy atom. The highest BCUT2D eigenvalue weighted by Gasteiger charge is 2.21. The molecule has 0 spiro atoms. The van der Waals surface area contributed by atoms with Crippen molar-refractivity contribution in [2.75, 3.05) is 13.1 Å². The van der Waals surface area contributed by atoms with Gasteiger partial charge in [0.1, 0.15) is 15.7 Å². The van der Waals surface area contributed by atoms with Crippen LogP contribution in [0.15, 0.2) is 14.7 Å². The first kappa shape index (κ1) is 16.0. The molecule has 4 rings (SSSR count). The number of nitrogens with zero attached hydrogens (tertiary/aromatic N) is 4. The molecule has 0 bridgehead atoms. The number of thiophene rings is 1. The van der Waals surface area contributed by atoms with Gasteiger partial charge in [-0.25, -0.2) is 9.97 Å². The Hall–Kier alpha value is -1.51. The van der Waals surface area contributed by atoms with E-state index in [0.29, 0.717) is 5.22 Å². The number of aromatic nitrogens is 4. The van der Waals surface area contributed by atoms with Gasteiger partial charge in [-0.3, -0.25) is 0 Å². The molecular formula is C16H20N5OS2+. The number of hydrogen-bond donors (Lipinski definition) is 1. The lowest BCUT2D eigenvalue weighted by Gasteiger charge is -2.07. The summed E-state index contributed by atoms with van der Waals surface area (Å²) in [5.41, 5.74) is 1.23. The maximum Gasteiger partial charge on any atom is 0.283 e. The van der Waals surface area contributed by atoms with E-state index in [2.05, 4.69) is 34.0 Å². The predicted octanol–water partition coefficient (Wildman–Crippen LogP) is 2.33. The molecule has 0 atom stereocenters. The summed E-state index contributed by atoms with van der Waals surface area (Å²) in [6.07, 6.45) is 2.58. The van der Waals surface area contributed by atoms with Crippen molar-refractivity contribution in [1.29, 1.82) is 0 Å². The molecule has 126 valence electrons. The maximum atomic E-state index is 5.85. The molecule has 0 amide bonds. The molecule has 1 saturated heterocycles. The van der Waals surface area contributed by atoms with Gasteiger partial charge in [-0.1, -0.05) is 0 Å². The molecule has 8 heteroatoms. The van der Waals surface area contributed by atoms with Gasteiger partial charge in [0, 0.05) is 23.1 Å². The Balaban J connectivity index is 1.61. The van der Waals surface area contributed by atoms with Gasteiger partial charge >= 0.3 is 0 Å². The number of hydrogen-bond acceptors (Lipinski definition) is 7. The molecule has 1 N–H and O–H groups in total. The molecular weight excluding hydrogens is 342 g/mol. The van der Waals surface area contributed by atoms with E-state index >= 15 is 0 Å². The lowest BCUT2D eigenvalue weighted by molar-refractivity contribution is -0.902. The van der Waals surface area contributed by atoms with E-state index in [1.807, 2.05) is 6.92 Å². The normalized spacial score (nSPS) is 15.6. The molecule has 3 aromatic heterocycles. The monoisotopic (exact) mass is 362 g/mol. The Kier molecular flexibility index (Phi) is 4.28. The van der Waals surface area contributed by atoms with Crippen LogP contribution in [-0.2, 0) is 6.54 Å². The summed E-state index contributed by atoms with van der Waals surface area (Å²) in [6.45, 7) is 9.38. The minimum Gasteiger partial charge on any atom is -0.410 e. The molecule has 0 unspecified atom stereocenters. The van der Waals surface area contributed by atoms with Crippen LogP contribution in [0.4, 0.5) is 0 Å². The number of quaternary nitrogens is 1. The van der Waals surface area contributed by atoms with E-state index in [0.717, 1.165) is 33.5 Å². The van der Waals surface area contributed by atoms with Crippen molar-refractivity contribution in [1.82, 2.24) is 20.2 Å². The average molecular weight is 363 g/mol. The largest absolute Gasteiger partial charge is 0.410 e. The van der Waals surface area contributed by atoms with Gasteiger partial charge < -0.3 is 9.32 Å². The van der Waals surface area contributed by atoms with Gasteiger partial charge in [-0.15, -0.1) is 21.5 Å². The quantitative estimate of drug-likeness (QED) is 0.719. The molecule has 24 heavy (non-hydrogen) atoms. The molecule has 0 saturated carbocycles. The second-order valence-electron chi connectivity index (χ2n) is 6.24. The summed E-state index contributed by atoms with van der Waals surface area (Å²) in [7, 11) is 0. The van der Waals surface area contributed by atoms with Crippen LogP contribution in [0.2, 0.25) is 0 Å². The summed E-state index contributed by atoms with van der Waals surface area (Å²) in [6, 6.07) is 0. The number of nitrogens with one attached hydrogen (secondary N) is 1. The van der Waals surface area contributed by atoms with Crippen molar-refractivity contribution in [2.24, 2.45) is 0 Å². The Labute approximate surface area is 148 Å². The van der Waals surface area contributed by atoms with E-state index in [9.17, 15) is 0 Å². The summed E-state index contributed by atoms with van der Waals surface area (Å²) in [4.78, 5) is 13.0. The number of aryl methyl sites for hydroxylation is 3. The van der Waals surface area contributed by atoms with Gasteiger partial charge in [0.05, 0.1) is 13.1 Å². The second-order valence-corrected chi connectivity index (χ2v) is 8.38. The summed E-state index contributed by atoms with van der Waals surface area (Å²) in [5, 5.41) is 11.0. The topological polar surface area (TPSA) is 69.1 Å². The Bertz CT molecular complexity index is 882. The molecule has 4 heterocycles. The van der Waals surface area contributed by atoms with Crippen LogP contribution in [0.1, 0.15) is 35.0 Å². The first-order chi connectivity index (χ1) is 11.6. The van der Waals surface area contributed by atoms with E-state index in [1.165, 1.54) is 53.0 Å². The lowest BCUT2D eigenvalue weighted by Crippen LogP contribution is -3.08. The highest BCUT2D eigenvalue weighted by atomic mass is 32.2. The van der Waals surface area contributed by atoms with Crippen molar-refractivity contribution in [3.05, 3.63) is 22.2 Å². The molecule has 0 radical (unpaired) electrons. The van der Waals surface area contributed by atoms with E-state index < -0.39 is 0 Å². The van der Waals surface area contributed by atoms with Gasteiger partial charge in [-0.05, 0) is 38.1 Å². The fraction of sp³-hybridized carbons (Fsp3) is 0.500. The molecule has 1 fully saturated rings. The smallest absolute Gasteiger partial charge is 0.283 e. The molecule has 3 aromatic rings. The summed E-state index contributed by atoms with van der Waals surface area (Å²) >= 11 is 3.15. The molecule has 1 aliphatic rings. The SMILES string of the molecule is Cc1nc(Sc2nnc(C[NH+]3CCCC3)o2)c2c(C)c(C)sc2n1. The van der Waals surface area contributed by atoms with Crippen molar-refractivity contribution < 1.29 is 9.32 Å². The van der Waals surface area contributed by atoms with Crippen LogP contribution >= 0.6 is 23.1 Å². The first-order valence-electron chi connectivity index (χ1n) is 8.18. The number of rotatable bonds is 4. The zero-order chi connectivity index (χ0) is 16.7. The van der Waals surface area contributed by atoms with Crippen LogP contribution < -0.4 is 4.90 Å². The van der Waals surface area contributed by atoms with E-state index in [4.69, 9.17) is 4.42 Å². The Morgan fingerprint density at radius 3 is 2.71 bits per heavy atom. The zero-order valence-electron chi connectivity index (χ0n) is 14.0. The summed E-state index contributed by atoms with van der Waals surface area (Å²) < 4.78 is 5.85. The number of likely N-dealkylation sites (tertiary alicyclic amines) is 1. The van der Waals surface area contributed by atoms with Crippen LogP contribution in [0.5, 0.6) is 0 Å². The van der Waals surface area contributed by atoms with E-state index in [1.54, 1.807) is 11.3 Å². The number of fused-ring (bicyclic) bond motifs is 1. The van der Waals surface area contributed by atoms with E-state index in [-0.39, 0.29) is 0 Å². The molecule has 1 aliphatic heterocycles. The molecule has 0 aliphatic carbocycles. The average Bonchev–Trinajstić information content (AvgIpc) is 3.24. The van der Waals surface area contributed by atoms with Crippen LogP contribution in [0.25, 0.3) is 10.2 Å². The fourth-order valence-electron chi connectivity index (χ4n) is 3.09. The van der Waals surface area contributed by atoms with Crippen molar-refractivity contribution in [2.45, 2.75) is 50.4 Å². The van der Waals surface area contributed by atoms with Gasteiger partial charge in [-0.2, -0.15) is 0 Å². The van der Waals surface area contributed by atoms with Crippen molar-refractivity contribution >= 4 is 33.3 Å². The fourth-order valence-corrected chi connectivity index (χ4v) is 5.14. The third-order valence-corrected chi connectivity index (χ3v) is 6.38. The highest BCUT2D eigenvalue weighted by Crippen LogP contribution is 2.37. The predicted molar refractivity (Wildman–Crippen MR) is 93.7 cm³/mol. The lowest BCUT2D eigenvalue weighted by atomic mass is 10.2. The second kappa shape index (κ2) is 6.42. The first-order valence-corrected chi connectivity index (χ1v) is 9.81. The standard InChI is InChI=1S/C16H19N5OS2/c1-9-10(2)23-14-13(9)15(18-11(3)17-14)24-16-20-19-12(22-16)8-21-6-4-5-7-21/h4-8H2,1-3H3/p+1. The van der Waals surface area contributed by atoms with Gasteiger partial charge in [0.2, 0.25) is 0 Å². The molecule has 0 aromatic carbocycles. The van der Waals surface area contributed by atoms with Crippen LogP contribution in [0.3, 0.4) is 0 Å². The van der Waals surface area contributed by atoms with Crippen molar-refractivity contribution in [3.8, 4) is 0 Å². The third-order valence-electron chi connectivity index (χ3n) is 4.45. The molecule has 6 nitrogen and oxygen atoms in total. The summed E-state index contributed by atoms with van der Waals surface area (Å²) in [5.74, 6) is 1.49. The van der Waals surface area contributed by atoms with Crippen molar-refractivity contribution in [3.63, 3.8) is 0 Å². The Morgan fingerprint density at radius 1 is 1.12 bits per heavy atom. The van der Waals surface area contributed by atoms with Crippen LogP contribution in [0, 0.1) is 20.8 Å². The third kappa shape index (κ3) is 3.05. The minimum absolute atomic E-state index is 0.561. The zero-order valence-corrected chi connectivity index (χ0v) is 15.7. The van der Waals surface area contributed by atoms with Crippen LogP contribution in [-0.4, -0.2) is 33.3 Å². The highest BCUT2D eigenvalue weighted by molar-refractivity contribution is 7.99.